The van der Waals surface area contributed by atoms with Crippen LogP contribution in [0.3, 0.4) is 0 Å². The molecule has 9 nitrogen and oxygen atoms in total. The molecule has 0 atom stereocenters. The first kappa shape index (κ1) is 20.1. The van der Waals surface area contributed by atoms with Crippen molar-refractivity contribution in [2.45, 2.75) is 25.9 Å². The van der Waals surface area contributed by atoms with Crippen LogP contribution >= 0.6 is 0 Å². The molecule has 1 aliphatic heterocycles. The van der Waals surface area contributed by atoms with E-state index in [9.17, 15) is 9.59 Å². The molecule has 2 amide bonds. The number of aryl methyl sites for hydroxylation is 1. The normalized spacial score (nSPS) is 14.1. The lowest BCUT2D eigenvalue weighted by atomic mass is 10.1. The van der Waals surface area contributed by atoms with E-state index in [1.807, 2.05) is 41.0 Å². The summed E-state index contributed by atoms with van der Waals surface area (Å²) in [5.74, 6) is -0.311. The Labute approximate surface area is 178 Å². The van der Waals surface area contributed by atoms with Crippen molar-refractivity contribution in [2.24, 2.45) is 10.9 Å². The predicted octanol–water partition coefficient (Wildman–Crippen LogP) is 2.09. The third kappa shape index (κ3) is 3.96. The van der Waals surface area contributed by atoms with E-state index in [1.165, 1.54) is 0 Å². The van der Waals surface area contributed by atoms with Gasteiger partial charge >= 0.3 is 0 Å². The number of amides is 2. The molecular weight excluding hydrogens is 396 g/mol. The summed E-state index contributed by atoms with van der Waals surface area (Å²) in [6, 6.07) is 17.1. The van der Waals surface area contributed by atoms with Crippen LogP contribution in [0.15, 0.2) is 53.7 Å². The number of rotatable bonds is 8. The number of anilines is 1. The molecule has 0 radical (unpaired) electrons. The predicted molar refractivity (Wildman–Crippen MR) is 114 cm³/mol. The lowest BCUT2D eigenvalue weighted by Gasteiger charge is -2.17. The van der Waals surface area contributed by atoms with Crippen LogP contribution in [0.25, 0.3) is 11.0 Å². The molecule has 156 valence electrons. The Kier molecular flexibility index (Phi) is 5.62. The van der Waals surface area contributed by atoms with Crippen molar-refractivity contribution in [1.29, 1.82) is 5.26 Å². The number of hydrogen-bond acceptors (Lipinski definition) is 6. The summed E-state index contributed by atoms with van der Waals surface area (Å²) in [5, 5.41) is 12.8. The van der Waals surface area contributed by atoms with Crippen molar-refractivity contribution in [1.82, 2.24) is 9.55 Å². The molecule has 0 bridgehead atoms. The van der Waals surface area contributed by atoms with Gasteiger partial charge in [-0.05, 0) is 24.6 Å². The van der Waals surface area contributed by atoms with Gasteiger partial charge in [-0.25, -0.2) is 4.98 Å². The van der Waals surface area contributed by atoms with Gasteiger partial charge in [0, 0.05) is 18.5 Å². The quantitative estimate of drug-likeness (QED) is 0.444. The van der Waals surface area contributed by atoms with Crippen LogP contribution in [-0.2, 0) is 27.5 Å². The van der Waals surface area contributed by atoms with Crippen molar-refractivity contribution in [2.75, 3.05) is 11.5 Å². The van der Waals surface area contributed by atoms with Gasteiger partial charge in [-0.2, -0.15) is 5.26 Å². The number of primary amides is 1. The monoisotopic (exact) mass is 416 g/mol. The molecular formula is C22H20N6O3. The van der Waals surface area contributed by atoms with E-state index in [0.717, 1.165) is 11.0 Å². The van der Waals surface area contributed by atoms with Gasteiger partial charge in [0.15, 0.2) is 12.3 Å². The Morgan fingerprint density at radius 2 is 1.97 bits per heavy atom. The number of imidazole rings is 1. The number of fused-ring (bicyclic) bond motifs is 2. The maximum atomic E-state index is 13.1. The molecule has 0 fully saturated rings. The Morgan fingerprint density at radius 1 is 1.19 bits per heavy atom. The molecule has 2 heterocycles. The zero-order chi connectivity index (χ0) is 21.8. The van der Waals surface area contributed by atoms with Crippen LogP contribution in [0.5, 0.6) is 0 Å². The first-order valence-electron chi connectivity index (χ1n) is 9.80. The number of benzene rings is 2. The minimum Gasteiger partial charge on any atom is -0.385 e. The molecule has 0 saturated carbocycles. The van der Waals surface area contributed by atoms with Gasteiger partial charge in [0.25, 0.3) is 11.8 Å². The summed E-state index contributed by atoms with van der Waals surface area (Å²) in [6.07, 6.45) is 1.12. The minimum absolute atomic E-state index is 0.115. The van der Waals surface area contributed by atoms with Crippen LogP contribution in [0.4, 0.5) is 5.69 Å². The highest BCUT2D eigenvalue weighted by Crippen LogP contribution is 2.31. The van der Waals surface area contributed by atoms with Crippen LogP contribution in [-0.4, -0.2) is 33.7 Å². The van der Waals surface area contributed by atoms with Crippen LogP contribution in [0.2, 0.25) is 0 Å². The topological polar surface area (TPSA) is 127 Å². The number of carbonyl (C=O) groups excluding carboxylic acids is 2. The molecule has 3 aromatic rings. The number of nitrogens with two attached hydrogens (primary N) is 1. The van der Waals surface area contributed by atoms with Gasteiger partial charge in [0.1, 0.15) is 5.82 Å². The van der Waals surface area contributed by atoms with E-state index in [0.29, 0.717) is 36.5 Å². The summed E-state index contributed by atoms with van der Waals surface area (Å²) in [6.45, 7) is 0.440. The van der Waals surface area contributed by atoms with Crippen LogP contribution in [0, 0.1) is 11.3 Å². The molecule has 2 N–H and O–H groups in total. The van der Waals surface area contributed by atoms with Crippen molar-refractivity contribution >= 4 is 34.2 Å². The number of hydrogen-bond donors (Lipinski definition) is 1. The van der Waals surface area contributed by atoms with Crippen molar-refractivity contribution in [3.8, 4) is 6.07 Å². The smallest absolute Gasteiger partial charge is 0.281 e. The summed E-state index contributed by atoms with van der Waals surface area (Å²) < 4.78 is 2.04. The Morgan fingerprint density at radius 3 is 2.77 bits per heavy atom. The number of oxime groups is 1. The standard InChI is InChI=1S/C22H20N6O3/c23-11-5-6-12-27-18-10-4-2-8-16(18)25-20(27)13-28-17-9-3-1-7-15(17)21(22(28)30)26-31-14-19(24)29/h1-4,7-10H,5-6,12-14H2,(H2,24,29)/b26-21+. The fourth-order valence-corrected chi connectivity index (χ4v) is 3.62. The van der Waals surface area contributed by atoms with Crippen molar-refractivity contribution in [3.63, 3.8) is 0 Å². The Bertz CT molecular complexity index is 1220. The number of aromatic nitrogens is 2. The van der Waals surface area contributed by atoms with Gasteiger partial charge in [-0.1, -0.05) is 35.5 Å². The number of nitrogens with zero attached hydrogens (tertiary/aromatic N) is 5. The molecule has 1 aromatic heterocycles. The maximum Gasteiger partial charge on any atom is 0.281 e. The average Bonchev–Trinajstić information content (AvgIpc) is 3.24. The Hall–Kier alpha value is -4.19. The maximum absolute atomic E-state index is 13.1. The van der Waals surface area contributed by atoms with E-state index < -0.39 is 12.5 Å². The molecule has 1 aliphatic rings. The second-order valence-corrected chi connectivity index (χ2v) is 7.02. The molecule has 0 aliphatic carbocycles. The number of para-hydroxylation sites is 3. The first-order valence-corrected chi connectivity index (χ1v) is 9.80. The highest BCUT2D eigenvalue weighted by atomic mass is 16.6. The summed E-state index contributed by atoms with van der Waals surface area (Å²) in [7, 11) is 0. The largest absolute Gasteiger partial charge is 0.385 e. The first-order chi connectivity index (χ1) is 15.1. The van der Waals surface area contributed by atoms with Gasteiger partial charge in [-0.15, -0.1) is 0 Å². The lowest BCUT2D eigenvalue weighted by Crippen LogP contribution is -2.31. The summed E-state index contributed by atoms with van der Waals surface area (Å²) in [4.78, 5) is 35.4. The van der Waals surface area contributed by atoms with Gasteiger partial charge in [0.05, 0.1) is 29.3 Å². The van der Waals surface area contributed by atoms with Gasteiger partial charge in [-0.3, -0.25) is 14.5 Å². The van der Waals surface area contributed by atoms with Crippen LogP contribution < -0.4 is 10.6 Å². The highest BCUT2D eigenvalue weighted by molar-refractivity contribution is 6.54. The van der Waals surface area contributed by atoms with Gasteiger partial charge < -0.3 is 15.1 Å². The second-order valence-electron chi connectivity index (χ2n) is 7.02. The lowest BCUT2D eigenvalue weighted by molar-refractivity contribution is -0.122. The number of unbranched alkanes of at least 4 members (excludes halogenated alkanes) is 1. The van der Waals surface area contributed by atoms with Crippen molar-refractivity contribution < 1.29 is 14.4 Å². The van der Waals surface area contributed by atoms with E-state index >= 15 is 0 Å². The second kappa shape index (κ2) is 8.67. The fraction of sp³-hybridized carbons (Fsp3) is 0.227. The van der Waals surface area contributed by atoms with Crippen molar-refractivity contribution in [3.05, 3.63) is 59.9 Å². The fourth-order valence-electron chi connectivity index (χ4n) is 3.62. The molecule has 4 rings (SSSR count). The van der Waals surface area contributed by atoms with Crippen LogP contribution in [0.1, 0.15) is 24.2 Å². The molecule has 0 saturated heterocycles. The van der Waals surface area contributed by atoms with Gasteiger partial charge in [0.2, 0.25) is 0 Å². The van der Waals surface area contributed by atoms with E-state index in [4.69, 9.17) is 20.8 Å². The Balaban J connectivity index is 1.68. The number of nitriles is 1. The van der Waals surface area contributed by atoms with E-state index in [1.54, 1.807) is 17.0 Å². The minimum atomic E-state index is -0.675. The molecule has 0 unspecified atom stereocenters. The third-order valence-electron chi connectivity index (χ3n) is 4.96. The van der Waals surface area contributed by atoms with E-state index in [2.05, 4.69) is 11.2 Å². The summed E-state index contributed by atoms with van der Waals surface area (Å²) in [5.41, 5.74) is 8.27. The zero-order valence-corrected chi connectivity index (χ0v) is 16.7. The highest BCUT2D eigenvalue weighted by Gasteiger charge is 2.35. The third-order valence-corrected chi connectivity index (χ3v) is 4.96. The average molecular weight is 416 g/mol. The molecule has 9 heteroatoms. The SMILES string of the molecule is N#CCCCn1c(CN2C(=O)/C(=N/OCC(N)=O)c3ccccc32)nc2ccccc21. The van der Waals surface area contributed by atoms with E-state index in [-0.39, 0.29) is 18.2 Å². The summed E-state index contributed by atoms with van der Waals surface area (Å²) >= 11 is 0. The molecule has 31 heavy (non-hydrogen) atoms. The number of carbonyl (C=O) groups is 2. The molecule has 2 aromatic carbocycles. The molecule has 0 spiro atoms. The zero-order valence-electron chi connectivity index (χ0n) is 16.7.